The van der Waals surface area contributed by atoms with Gasteiger partial charge in [0.1, 0.15) is 10.6 Å². The van der Waals surface area contributed by atoms with E-state index in [9.17, 15) is 8.42 Å². The number of nitrogens with two attached hydrogens (primary N) is 1. The van der Waals surface area contributed by atoms with Crippen molar-refractivity contribution in [2.24, 2.45) is 5.92 Å². The predicted molar refractivity (Wildman–Crippen MR) is 81.3 cm³/mol. The van der Waals surface area contributed by atoms with Crippen LogP contribution in [0.25, 0.3) is 0 Å². The molecule has 0 radical (unpaired) electrons. The normalized spacial score (nSPS) is 13.4. The molecule has 1 rings (SSSR count). The van der Waals surface area contributed by atoms with E-state index in [2.05, 4.69) is 18.6 Å². The molecular formula is C14H24N2O3S. The number of benzene rings is 1. The van der Waals surface area contributed by atoms with Gasteiger partial charge in [-0.25, -0.2) is 13.1 Å². The summed E-state index contributed by atoms with van der Waals surface area (Å²) >= 11 is 0. The van der Waals surface area contributed by atoms with E-state index in [0.29, 0.717) is 24.0 Å². The molecule has 0 aromatic heterocycles. The number of rotatable bonds is 7. The molecule has 1 unspecified atom stereocenters. The zero-order valence-corrected chi connectivity index (χ0v) is 13.3. The quantitative estimate of drug-likeness (QED) is 0.758. The van der Waals surface area contributed by atoms with Crippen molar-refractivity contribution in [3.05, 3.63) is 18.2 Å². The molecule has 0 aliphatic heterocycles. The Kier molecular flexibility index (Phi) is 5.83. The highest BCUT2D eigenvalue weighted by Crippen LogP contribution is 2.26. The molecule has 0 heterocycles. The third-order valence-corrected chi connectivity index (χ3v) is 4.35. The molecule has 0 bridgehead atoms. The molecule has 0 aliphatic carbocycles. The van der Waals surface area contributed by atoms with Crippen molar-refractivity contribution in [2.45, 2.75) is 45.1 Å². The molecule has 114 valence electrons. The monoisotopic (exact) mass is 300 g/mol. The lowest BCUT2D eigenvalue weighted by Gasteiger charge is -2.18. The largest absolute Gasteiger partial charge is 0.492 e. The van der Waals surface area contributed by atoms with Crippen LogP contribution in [0.3, 0.4) is 0 Å². The summed E-state index contributed by atoms with van der Waals surface area (Å²) in [5.41, 5.74) is 6.08. The van der Waals surface area contributed by atoms with E-state index >= 15 is 0 Å². The van der Waals surface area contributed by atoms with Crippen molar-refractivity contribution in [2.75, 3.05) is 12.3 Å². The average Bonchev–Trinajstić information content (AvgIpc) is 2.29. The van der Waals surface area contributed by atoms with Gasteiger partial charge < -0.3 is 10.5 Å². The van der Waals surface area contributed by atoms with E-state index < -0.39 is 10.0 Å². The smallest absolute Gasteiger partial charge is 0.244 e. The number of nitrogens with one attached hydrogen (secondary N) is 1. The van der Waals surface area contributed by atoms with Gasteiger partial charge in [-0.1, -0.05) is 13.8 Å². The van der Waals surface area contributed by atoms with Crippen LogP contribution in [0, 0.1) is 5.92 Å². The molecule has 0 saturated carbocycles. The summed E-state index contributed by atoms with van der Waals surface area (Å²) < 4.78 is 32.9. The zero-order chi connectivity index (χ0) is 15.3. The summed E-state index contributed by atoms with van der Waals surface area (Å²) in [5, 5.41) is 0. The number of anilines is 1. The third-order valence-electron chi connectivity index (χ3n) is 2.74. The zero-order valence-electron chi connectivity index (χ0n) is 12.5. The number of hydrogen-bond donors (Lipinski definition) is 2. The fraction of sp³-hybridized carbons (Fsp3) is 0.571. The minimum absolute atomic E-state index is 0.0926. The van der Waals surface area contributed by atoms with Gasteiger partial charge in [-0.15, -0.1) is 0 Å². The highest BCUT2D eigenvalue weighted by atomic mass is 32.2. The molecule has 20 heavy (non-hydrogen) atoms. The molecule has 0 aliphatic rings. The SMILES string of the molecule is CCOc1ccc(N)cc1S(=O)(=O)NC(C)CC(C)C. The molecule has 1 aromatic rings. The lowest BCUT2D eigenvalue weighted by Crippen LogP contribution is -2.33. The molecule has 0 fully saturated rings. The van der Waals surface area contributed by atoms with Crippen molar-refractivity contribution in [1.82, 2.24) is 4.72 Å². The standard InChI is InChI=1S/C14H24N2O3S/c1-5-19-13-7-6-12(15)9-14(13)20(17,18)16-11(4)8-10(2)3/h6-7,9-11,16H,5,8,15H2,1-4H3. The summed E-state index contributed by atoms with van der Waals surface area (Å²) in [4.78, 5) is 0.0926. The fourth-order valence-corrected chi connectivity index (χ4v) is 3.53. The Bertz CT molecular complexity index is 541. The maximum absolute atomic E-state index is 12.4. The van der Waals surface area contributed by atoms with Crippen molar-refractivity contribution < 1.29 is 13.2 Å². The first-order chi connectivity index (χ1) is 9.26. The first-order valence-corrected chi connectivity index (χ1v) is 8.29. The van der Waals surface area contributed by atoms with E-state index in [1.54, 1.807) is 12.1 Å². The summed E-state index contributed by atoms with van der Waals surface area (Å²) in [7, 11) is -3.64. The third kappa shape index (κ3) is 4.68. The van der Waals surface area contributed by atoms with Crippen LogP contribution in [0.5, 0.6) is 5.75 Å². The number of nitrogen functional groups attached to an aromatic ring is 1. The van der Waals surface area contributed by atoms with E-state index in [-0.39, 0.29) is 10.9 Å². The molecular weight excluding hydrogens is 276 g/mol. The first kappa shape index (κ1) is 16.8. The summed E-state index contributed by atoms with van der Waals surface area (Å²) in [6.07, 6.45) is 0.769. The van der Waals surface area contributed by atoms with Crippen molar-refractivity contribution >= 4 is 15.7 Å². The van der Waals surface area contributed by atoms with Gasteiger partial charge in [-0.3, -0.25) is 0 Å². The summed E-state index contributed by atoms with van der Waals surface area (Å²) in [6.45, 7) is 8.16. The van der Waals surface area contributed by atoms with Crippen LogP contribution in [0.4, 0.5) is 5.69 Å². The highest BCUT2D eigenvalue weighted by Gasteiger charge is 2.22. The summed E-state index contributed by atoms with van der Waals surface area (Å²) in [5.74, 6) is 0.742. The Balaban J connectivity index is 3.05. The number of sulfonamides is 1. The van der Waals surface area contributed by atoms with Gasteiger partial charge in [0.05, 0.1) is 6.61 Å². The Hall–Kier alpha value is -1.27. The van der Waals surface area contributed by atoms with Gasteiger partial charge in [0.2, 0.25) is 10.0 Å². The Morgan fingerprint density at radius 1 is 1.30 bits per heavy atom. The first-order valence-electron chi connectivity index (χ1n) is 6.81. The van der Waals surface area contributed by atoms with Gasteiger partial charge in [0.25, 0.3) is 0 Å². The van der Waals surface area contributed by atoms with Crippen molar-refractivity contribution in [3.63, 3.8) is 0 Å². The van der Waals surface area contributed by atoms with Gasteiger partial charge in [-0.05, 0) is 44.4 Å². The van der Waals surface area contributed by atoms with Crippen molar-refractivity contribution in [1.29, 1.82) is 0 Å². The Labute approximate surface area is 121 Å². The lowest BCUT2D eigenvalue weighted by atomic mass is 10.1. The van der Waals surface area contributed by atoms with Crippen LogP contribution < -0.4 is 15.2 Å². The Morgan fingerprint density at radius 2 is 1.95 bits per heavy atom. The average molecular weight is 300 g/mol. The van der Waals surface area contributed by atoms with Crippen LogP contribution >= 0.6 is 0 Å². The van der Waals surface area contributed by atoms with Crippen LogP contribution in [0.15, 0.2) is 23.1 Å². The maximum Gasteiger partial charge on any atom is 0.244 e. The van der Waals surface area contributed by atoms with Crippen LogP contribution in [-0.2, 0) is 10.0 Å². The highest BCUT2D eigenvalue weighted by molar-refractivity contribution is 7.89. The molecule has 3 N–H and O–H groups in total. The number of ether oxygens (including phenoxy) is 1. The van der Waals surface area contributed by atoms with E-state index in [1.807, 2.05) is 13.8 Å². The van der Waals surface area contributed by atoms with Gasteiger partial charge in [-0.2, -0.15) is 0 Å². The second kappa shape index (κ2) is 6.95. The molecule has 1 atom stereocenters. The predicted octanol–water partition coefficient (Wildman–Crippen LogP) is 2.38. The van der Waals surface area contributed by atoms with E-state index in [1.165, 1.54) is 6.07 Å². The van der Waals surface area contributed by atoms with Gasteiger partial charge in [0.15, 0.2) is 0 Å². The molecule has 0 spiro atoms. The fourth-order valence-electron chi connectivity index (χ4n) is 2.09. The Morgan fingerprint density at radius 3 is 2.50 bits per heavy atom. The minimum Gasteiger partial charge on any atom is -0.492 e. The summed E-state index contributed by atoms with van der Waals surface area (Å²) in [6, 6.07) is 4.49. The topological polar surface area (TPSA) is 81.4 Å². The minimum atomic E-state index is -3.64. The van der Waals surface area contributed by atoms with E-state index in [0.717, 1.165) is 6.42 Å². The molecule has 5 nitrogen and oxygen atoms in total. The molecule has 6 heteroatoms. The van der Waals surface area contributed by atoms with Crippen LogP contribution in [0.1, 0.15) is 34.1 Å². The van der Waals surface area contributed by atoms with Crippen LogP contribution in [-0.4, -0.2) is 21.1 Å². The molecule has 1 aromatic carbocycles. The van der Waals surface area contributed by atoms with Crippen LogP contribution in [0.2, 0.25) is 0 Å². The maximum atomic E-state index is 12.4. The van der Waals surface area contributed by atoms with Gasteiger partial charge in [0, 0.05) is 11.7 Å². The second-order valence-electron chi connectivity index (χ2n) is 5.29. The van der Waals surface area contributed by atoms with Crippen molar-refractivity contribution in [3.8, 4) is 5.75 Å². The molecule has 0 amide bonds. The van der Waals surface area contributed by atoms with Gasteiger partial charge >= 0.3 is 0 Å². The number of hydrogen-bond acceptors (Lipinski definition) is 4. The van der Waals surface area contributed by atoms with E-state index in [4.69, 9.17) is 10.5 Å². The second-order valence-corrected chi connectivity index (χ2v) is 6.97. The molecule has 0 saturated heterocycles. The lowest BCUT2D eigenvalue weighted by molar-refractivity contribution is 0.331.